The third-order valence-corrected chi connectivity index (χ3v) is 1.66. The first kappa shape index (κ1) is 11.8. The summed E-state index contributed by atoms with van der Waals surface area (Å²) in [6.07, 6.45) is -4.65. The van der Waals surface area contributed by atoms with Gasteiger partial charge in [0.1, 0.15) is 11.6 Å². The maximum atomic E-state index is 12.7. The molecule has 1 rings (SSSR count). The zero-order valence-corrected chi connectivity index (χ0v) is 7.64. The number of ether oxygens (including phenoxy) is 1. The molecule has 0 atom stereocenters. The van der Waals surface area contributed by atoms with Gasteiger partial charge in [0.15, 0.2) is 0 Å². The summed E-state index contributed by atoms with van der Waals surface area (Å²) in [5.74, 6) is -1.03. The van der Waals surface area contributed by atoms with Gasteiger partial charge in [0, 0.05) is 0 Å². The Morgan fingerprint density at radius 3 is 2.47 bits per heavy atom. The van der Waals surface area contributed by atoms with Crippen molar-refractivity contribution >= 4 is 0 Å². The van der Waals surface area contributed by atoms with Gasteiger partial charge < -0.3 is 10.5 Å². The van der Waals surface area contributed by atoms with Crippen molar-refractivity contribution in [1.29, 1.82) is 0 Å². The molecule has 1 aromatic carbocycles. The number of benzene rings is 1. The largest absolute Gasteiger partial charge is 0.573 e. The summed E-state index contributed by atoms with van der Waals surface area (Å²) in [6, 6.07) is 2.82. The molecule has 2 nitrogen and oxygen atoms in total. The second-order valence-electron chi connectivity index (χ2n) is 2.84. The van der Waals surface area contributed by atoms with Gasteiger partial charge in [-0.25, -0.2) is 4.39 Å². The fourth-order valence-corrected chi connectivity index (χ4v) is 1.12. The molecule has 0 saturated heterocycles. The Morgan fingerprint density at radius 1 is 1.27 bits per heavy atom. The van der Waals surface area contributed by atoms with Crippen LogP contribution in [0.25, 0.3) is 0 Å². The summed E-state index contributed by atoms with van der Waals surface area (Å²) in [4.78, 5) is 0. The van der Waals surface area contributed by atoms with Crippen molar-refractivity contribution in [3.63, 3.8) is 0 Å². The van der Waals surface area contributed by atoms with Gasteiger partial charge in [-0.1, -0.05) is 0 Å². The van der Waals surface area contributed by atoms with Crippen LogP contribution in [0.5, 0.6) is 5.75 Å². The zero-order chi connectivity index (χ0) is 11.5. The van der Waals surface area contributed by atoms with Crippen molar-refractivity contribution in [1.82, 2.24) is 0 Å². The Kier molecular flexibility index (Phi) is 3.52. The van der Waals surface area contributed by atoms with E-state index >= 15 is 0 Å². The van der Waals surface area contributed by atoms with Crippen molar-refractivity contribution in [2.75, 3.05) is 6.54 Å². The maximum absolute atomic E-state index is 12.7. The standard InChI is InChI=1S/C9H9F4NO/c10-7-1-2-8(15-9(11,12)13)6(5-7)3-4-14/h1-2,5H,3-4,14H2. The number of nitrogens with two attached hydrogens (primary N) is 1. The highest BCUT2D eigenvalue weighted by atomic mass is 19.4. The SMILES string of the molecule is NCCc1cc(F)ccc1OC(F)(F)F. The van der Waals surface area contributed by atoms with Gasteiger partial charge in [-0.15, -0.1) is 13.2 Å². The summed E-state index contributed by atoms with van der Waals surface area (Å²) in [6.45, 7) is 0.123. The predicted octanol–water partition coefficient (Wildman–Crippen LogP) is 2.23. The smallest absolute Gasteiger partial charge is 0.405 e. The first-order chi connectivity index (χ1) is 6.92. The highest BCUT2D eigenvalue weighted by Crippen LogP contribution is 2.27. The third-order valence-electron chi connectivity index (χ3n) is 1.66. The molecule has 84 valence electrons. The molecular weight excluding hydrogens is 214 g/mol. The van der Waals surface area contributed by atoms with Crippen molar-refractivity contribution < 1.29 is 22.3 Å². The molecule has 0 heterocycles. The molecule has 0 saturated carbocycles. The van der Waals surface area contributed by atoms with Gasteiger partial charge in [-0.05, 0) is 36.7 Å². The topological polar surface area (TPSA) is 35.2 Å². The van der Waals surface area contributed by atoms with E-state index in [1.54, 1.807) is 0 Å². The lowest BCUT2D eigenvalue weighted by molar-refractivity contribution is -0.274. The van der Waals surface area contributed by atoms with Crippen molar-refractivity contribution in [3.8, 4) is 5.75 Å². The monoisotopic (exact) mass is 223 g/mol. The molecule has 0 spiro atoms. The average molecular weight is 223 g/mol. The fraction of sp³-hybridized carbons (Fsp3) is 0.333. The van der Waals surface area contributed by atoms with Crippen LogP contribution in [0.3, 0.4) is 0 Å². The van der Waals surface area contributed by atoms with Gasteiger partial charge in [0.25, 0.3) is 0 Å². The van der Waals surface area contributed by atoms with Gasteiger partial charge in [0.2, 0.25) is 0 Å². The number of hydrogen-bond donors (Lipinski definition) is 1. The third kappa shape index (κ3) is 3.75. The van der Waals surface area contributed by atoms with E-state index in [1.165, 1.54) is 0 Å². The van der Waals surface area contributed by atoms with E-state index in [0.717, 1.165) is 18.2 Å². The van der Waals surface area contributed by atoms with Crippen LogP contribution in [-0.4, -0.2) is 12.9 Å². The molecular formula is C9H9F4NO. The molecule has 0 aromatic heterocycles. The van der Waals surface area contributed by atoms with Crippen LogP contribution in [0.2, 0.25) is 0 Å². The van der Waals surface area contributed by atoms with Crippen molar-refractivity contribution in [3.05, 3.63) is 29.6 Å². The lowest BCUT2D eigenvalue weighted by atomic mass is 10.1. The summed E-state index contributed by atoms with van der Waals surface area (Å²) < 4.78 is 52.2. The second kappa shape index (κ2) is 4.48. The average Bonchev–Trinajstić information content (AvgIpc) is 2.08. The van der Waals surface area contributed by atoms with Gasteiger partial charge in [-0.2, -0.15) is 0 Å². The first-order valence-electron chi connectivity index (χ1n) is 4.16. The van der Waals surface area contributed by atoms with Crippen molar-refractivity contribution in [2.24, 2.45) is 5.73 Å². The second-order valence-corrected chi connectivity index (χ2v) is 2.84. The molecule has 0 aliphatic heterocycles. The minimum Gasteiger partial charge on any atom is -0.405 e. The van der Waals surface area contributed by atoms with Crippen LogP contribution in [0.1, 0.15) is 5.56 Å². The minimum atomic E-state index is -4.78. The fourth-order valence-electron chi connectivity index (χ4n) is 1.12. The Morgan fingerprint density at radius 2 is 1.93 bits per heavy atom. The Labute approximate surface area is 83.6 Å². The van der Waals surface area contributed by atoms with Gasteiger partial charge in [0.05, 0.1) is 0 Å². The summed E-state index contributed by atoms with van der Waals surface area (Å²) in [7, 11) is 0. The lowest BCUT2D eigenvalue weighted by Crippen LogP contribution is -2.18. The number of alkyl halides is 3. The molecule has 2 N–H and O–H groups in total. The lowest BCUT2D eigenvalue weighted by Gasteiger charge is -2.12. The Bertz CT molecular complexity index is 337. The highest BCUT2D eigenvalue weighted by molar-refractivity contribution is 5.34. The predicted molar refractivity (Wildman–Crippen MR) is 45.8 cm³/mol. The van der Waals surface area contributed by atoms with Crippen LogP contribution < -0.4 is 10.5 Å². The Hall–Kier alpha value is -1.30. The zero-order valence-electron chi connectivity index (χ0n) is 7.64. The number of rotatable bonds is 3. The molecule has 0 aliphatic rings. The molecule has 6 heteroatoms. The molecule has 15 heavy (non-hydrogen) atoms. The van der Waals surface area contributed by atoms with Crippen LogP contribution in [0.15, 0.2) is 18.2 Å². The highest BCUT2D eigenvalue weighted by Gasteiger charge is 2.32. The van der Waals surface area contributed by atoms with Gasteiger partial charge >= 0.3 is 6.36 Å². The molecule has 1 aromatic rings. The van der Waals surface area contributed by atoms with Crippen LogP contribution in [0, 0.1) is 5.82 Å². The first-order valence-corrected chi connectivity index (χ1v) is 4.16. The summed E-state index contributed by atoms with van der Waals surface area (Å²) in [5.41, 5.74) is 5.29. The van der Waals surface area contributed by atoms with E-state index in [1.807, 2.05) is 0 Å². The number of hydrogen-bond acceptors (Lipinski definition) is 2. The molecule has 0 unspecified atom stereocenters. The molecule has 0 fully saturated rings. The van der Waals surface area contributed by atoms with E-state index in [4.69, 9.17) is 5.73 Å². The molecule has 0 radical (unpaired) electrons. The summed E-state index contributed by atoms with van der Waals surface area (Å²) >= 11 is 0. The van der Waals surface area contributed by atoms with E-state index in [0.29, 0.717) is 0 Å². The van der Waals surface area contributed by atoms with Crippen molar-refractivity contribution in [2.45, 2.75) is 12.8 Å². The van der Waals surface area contributed by atoms with Crippen LogP contribution in [-0.2, 0) is 6.42 Å². The molecule has 0 aliphatic carbocycles. The van der Waals surface area contributed by atoms with Crippen LogP contribution >= 0.6 is 0 Å². The van der Waals surface area contributed by atoms with Gasteiger partial charge in [-0.3, -0.25) is 0 Å². The Balaban J connectivity index is 2.95. The van der Waals surface area contributed by atoms with E-state index in [2.05, 4.69) is 4.74 Å². The van der Waals surface area contributed by atoms with E-state index < -0.39 is 17.9 Å². The number of halogens is 4. The summed E-state index contributed by atoms with van der Waals surface area (Å²) in [5, 5.41) is 0. The minimum absolute atomic E-state index is 0.106. The molecule has 0 amide bonds. The van der Waals surface area contributed by atoms with E-state index in [-0.39, 0.29) is 18.5 Å². The normalized spacial score (nSPS) is 11.5. The van der Waals surface area contributed by atoms with E-state index in [9.17, 15) is 17.6 Å². The molecule has 0 bridgehead atoms. The maximum Gasteiger partial charge on any atom is 0.573 e. The van der Waals surface area contributed by atoms with Crippen LogP contribution in [0.4, 0.5) is 17.6 Å². The quantitative estimate of drug-likeness (QED) is 0.797.